The van der Waals surface area contributed by atoms with Crippen molar-refractivity contribution in [3.05, 3.63) is 35.1 Å². The SMILES string of the molecule is CCN1C[C@@H](C(=O)N[C@@H]2CCc3cc(F)ccc32)CC1=O. The van der Waals surface area contributed by atoms with E-state index in [0.29, 0.717) is 19.5 Å². The zero-order valence-electron chi connectivity index (χ0n) is 12.1. The summed E-state index contributed by atoms with van der Waals surface area (Å²) in [5, 5.41) is 3.02. The zero-order valence-corrected chi connectivity index (χ0v) is 12.1. The Balaban J connectivity index is 1.66. The van der Waals surface area contributed by atoms with E-state index in [4.69, 9.17) is 0 Å². The number of likely N-dealkylation sites (tertiary alicyclic amines) is 1. The predicted octanol–water partition coefficient (Wildman–Crippen LogP) is 1.80. The summed E-state index contributed by atoms with van der Waals surface area (Å²) in [7, 11) is 0. The molecule has 3 rings (SSSR count). The number of halogens is 1. The van der Waals surface area contributed by atoms with Gasteiger partial charge in [-0.2, -0.15) is 0 Å². The summed E-state index contributed by atoms with van der Waals surface area (Å²) in [6.07, 6.45) is 1.87. The van der Waals surface area contributed by atoms with Crippen LogP contribution in [0.5, 0.6) is 0 Å². The minimum atomic E-state index is -0.262. The van der Waals surface area contributed by atoms with Gasteiger partial charge >= 0.3 is 0 Å². The lowest BCUT2D eigenvalue weighted by atomic mass is 10.0. The number of rotatable bonds is 3. The predicted molar refractivity (Wildman–Crippen MR) is 76.0 cm³/mol. The lowest BCUT2D eigenvalue weighted by molar-refractivity contribution is -0.129. The van der Waals surface area contributed by atoms with E-state index in [1.807, 2.05) is 6.92 Å². The summed E-state index contributed by atoms with van der Waals surface area (Å²) in [5.41, 5.74) is 1.97. The molecule has 0 spiro atoms. The topological polar surface area (TPSA) is 49.4 Å². The molecule has 1 aromatic carbocycles. The van der Waals surface area contributed by atoms with E-state index < -0.39 is 0 Å². The van der Waals surface area contributed by atoms with Crippen LogP contribution in [0.3, 0.4) is 0 Å². The molecule has 112 valence electrons. The highest BCUT2D eigenvalue weighted by Crippen LogP contribution is 2.32. The summed E-state index contributed by atoms with van der Waals surface area (Å²) >= 11 is 0. The van der Waals surface area contributed by atoms with Gasteiger partial charge in [0.15, 0.2) is 0 Å². The van der Waals surface area contributed by atoms with Gasteiger partial charge in [0.1, 0.15) is 5.82 Å². The quantitative estimate of drug-likeness (QED) is 0.923. The summed E-state index contributed by atoms with van der Waals surface area (Å²) in [6.45, 7) is 3.07. The second-order valence-electron chi connectivity index (χ2n) is 5.78. The average Bonchev–Trinajstić information content (AvgIpc) is 3.02. The van der Waals surface area contributed by atoms with E-state index in [9.17, 15) is 14.0 Å². The molecule has 1 N–H and O–H groups in total. The smallest absolute Gasteiger partial charge is 0.225 e. The van der Waals surface area contributed by atoms with Gasteiger partial charge in [0, 0.05) is 19.5 Å². The van der Waals surface area contributed by atoms with Crippen LogP contribution in [0.15, 0.2) is 18.2 Å². The number of amides is 2. The second kappa shape index (κ2) is 5.47. The van der Waals surface area contributed by atoms with Crippen LogP contribution in [-0.2, 0) is 16.0 Å². The van der Waals surface area contributed by atoms with Gasteiger partial charge in [-0.15, -0.1) is 0 Å². The van der Waals surface area contributed by atoms with Crippen molar-refractivity contribution in [1.29, 1.82) is 0 Å². The molecule has 2 amide bonds. The first-order valence-electron chi connectivity index (χ1n) is 7.45. The van der Waals surface area contributed by atoms with Gasteiger partial charge in [0.05, 0.1) is 12.0 Å². The summed E-state index contributed by atoms with van der Waals surface area (Å²) in [6, 6.07) is 4.67. The van der Waals surface area contributed by atoms with Crippen LogP contribution in [0.2, 0.25) is 0 Å². The number of hydrogen-bond donors (Lipinski definition) is 1. The molecule has 2 atom stereocenters. The number of fused-ring (bicyclic) bond motifs is 1. The number of benzene rings is 1. The van der Waals surface area contributed by atoms with Crippen LogP contribution in [0.1, 0.15) is 36.9 Å². The van der Waals surface area contributed by atoms with Crippen molar-refractivity contribution in [3.8, 4) is 0 Å². The number of carbonyl (C=O) groups excluding carboxylic acids is 2. The first kappa shape index (κ1) is 14.0. The van der Waals surface area contributed by atoms with Gasteiger partial charge in [-0.25, -0.2) is 4.39 Å². The maximum Gasteiger partial charge on any atom is 0.225 e. The van der Waals surface area contributed by atoms with E-state index in [1.165, 1.54) is 6.07 Å². The maximum absolute atomic E-state index is 13.2. The summed E-state index contributed by atoms with van der Waals surface area (Å²) in [5.74, 6) is -0.518. The van der Waals surface area contributed by atoms with Gasteiger partial charge in [-0.3, -0.25) is 9.59 Å². The van der Waals surface area contributed by atoms with E-state index in [2.05, 4.69) is 5.32 Å². The molecule has 0 saturated carbocycles. The first-order valence-corrected chi connectivity index (χ1v) is 7.45. The first-order chi connectivity index (χ1) is 10.1. The van der Waals surface area contributed by atoms with Crippen LogP contribution in [0.25, 0.3) is 0 Å². The van der Waals surface area contributed by atoms with Gasteiger partial charge in [-0.1, -0.05) is 6.07 Å². The molecule has 1 fully saturated rings. The number of nitrogens with one attached hydrogen (secondary N) is 1. The second-order valence-corrected chi connectivity index (χ2v) is 5.78. The minimum absolute atomic E-state index is 0.0477. The Labute approximate surface area is 123 Å². The third-order valence-electron chi connectivity index (χ3n) is 4.47. The highest BCUT2D eigenvalue weighted by molar-refractivity contribution is 5.89. The fourth-order valence-electron chi connectivity index (χ4n) is 3.28. The van der Waals surface area contributed by atoms with Gasteiger partial charge < -0.3 is 10.2 Å². The lowest BCUT2D eigenvalue weighted by Gasteiger charge is -2.18. The Morgan fingerprint density at radius 1 is 1.48 bits per heavy atom. The Kier molecular flexibility index (Phi) is 3.66. The van der Waals surface area contributed by atoms with Crippen molar-refractivity contribution in [2.24, 2.45) is 5.92 Å². The molecule has 0 bridgehead atoms. The van der Waals surface area contributed by atoms with Crippen molar-refractivity contribution in [2.45, 2.75) is 32.2 Å². The molecular weight excluding hydrogens is 271 g/mol. The van der Waals surface area contributed by atoms with E-state index in [0.717, 1.165) is 24.0 Å². The molecule has 0 unspecified atom stereocenters. The molecule has 0 radical (unpaired) electrons. The fraction of sp³-hybridized carbons (Fsp3) is 0.500. The third kappa shape index (κ3) is 2.64. The number of aryl methyl sites for hydroxylation is 1. The molecule has 2 aliphatic rings. The Bertz CT molecular complexity index is 588. The van der Waals surface area contributed by atoms with Crippen LogP contribution in [0.4, 0.5) is 4.39 Å². The van der Waals surface area contributed by atoms with E-state index in [1.54, 1.807) is 17.0 Å². The fourth-order valence-corrected chi connectivity index (χ4v) is 3.28. The van der Waals surface area contributed by atoms with Crippen molar-refractivity contribution >= 4 is 11.8 Å². The van der Waals surface area contributed by atoms with Crippen LogP contribution >= 0.6 is 0 Å². The molecule has 4 nitrogen and oxygen atoms in total. The monoisotopic (exact) mass is 290 g/mol. The summed E-state index contributed by atoms with van der Waals surface area (Å²) in [4.78, 5) is 25.7. The molecule has 0 aromatic heterocycles. The molecule has 1 aromatic rings. The molecule has 1 saturated heterocycles. The molecule has 5 heteroatoms. The van der Waals surface area contributed by atoms with E-state index in [-0.39, 0.29) is 29.6 Å². The Morgan fingerprint density at radius 3 is 3.00 bits per heavy atom. The highest BCUT2D eigenvalue weighted by Gasteiger charge is 2.35. The molecule has 21 heavy (non-hydrogen) atoms. The standard InChI is InChI=1S/C16H19FN2O2/c1-2-19-9-11(8-15(19)20)16(21)18-14-6-3-10-7-12(17)4-5-13(10)14/h4-5,7,11,14H,2-3,6,8-9H2,1H3,(H,18,21)/t11-,14+/m0/s1. The molecule has 1 aliphatic heterocycles. The largest absolute Gasteiger partial charge is 0.349 e. The van der Waals surface area contributed by atoms with Gasteiger partial charge in [0.25, 0.3) is 0 Å². The zero-order chi connectivity index (χ0) is 15.0. The Morgan fingerprint density at radius 2 is 2.29 bits per heavy atom. The van der Waals surface area contributed by atoms with Crippen molar-refractivity contribution in [3.63, 3.8) is 0 Å². The Hall–Kier alpha value is -1.91. The average molecular weight is 290 g/mol. The number of nitrogens with zero attached hydrogens (tertiary/aromatic N) is 1. The van der Waals surface area contributed by atoms with Crippen molar-refractivity contribution in [2.75, 3.05) is 13.1 Å². The normalized spacial score (nSPS) is 24.3. The van der Waals surface area contributed by atoms with E-state index >= 15 is 0 Å². The van der Waals surface area contributed by atoms with Crippen LogP contribution in [-0.4, -0.2) is 29.8 Å². The summed E-state index contributed by atoms with van der Waals surface area (Å²) < 4.78 is 13.2. The van der Waals surface area contributed by atoms with Crippen molar-refractivity contribution in [1.82, 2.24) is 10.2 Å². The minimum Gasteiger partial charge on any atom is -0.349 e. The van der Waals surface area contributed by atoms with Crippen LogP contribution < -0.4 is 5.32 Å². The van der Waals surface area contributed by atoms with Crippen LogP contribution in [0, 0.1) is 11.7 Å². The lowest BCUT2D eigenvalue weighted by Crippen LogP contribution is -2.34. The molecule has 1 heterocycles. The number of carbonyl (C=O) groups is 2. The van der Waals surface area contributed by atoms with Crippen molar-refractivity contribution < 1.29 is 14.0 Å². The number of hydrogen-bond acceptors (Lipinski definition) is 2. The molecular formula is C16H19FN2O2. The van der Waals surface area contributed by atoms with Gasteiger partial charge in [-0.05, 0) is 43.0 Å². The maximum atomic E-state index is 13.2. The van der Waals surface area contributed by atoms with Gasteiger partial charge in [0.2, 0.25) is 11.8 Å². The molecule has 1 aliphatic carbocycles. The highest BCUT2D eigenvalue weighted by atomic mass is 19.1. The third-order valence-corrected chi connectivity index (χ3v) is 4.47.